The molecule has 1 atom stereocenters. The van der Waals surface area contributed by atoms with Gasteiger partial charge in [0.15, 0.2) is 0 Å². The van der Waals surface area contributed by atoms with E-state index in [1.165, 1.54) is 6.92 Å². The summed E-state index contributed by atoms with van der Waals surface area (Å²) in [6.07, 6.45) is 1.95. The molecule has 5 heteroatoms. The highest BCUT2D eigenvalue weighted by atomic mass is 16.4. The molecule has 0 aromatic carbocycles. The molecule has 14 heavy (non-hydrogen) atoms. The van der Waals surface area contributed by atoms with Crippen molar-refractivity contribution in [3.8, 4) is 0 Å². The number of nitrogens with one attached hydrogen (secondary N) is 1. The van der Waals surface area contributed by atoms with Crippen LogP contribution in [0.5, 0.6) is 0 Å². The topological polar surface area (TPSA) is 78.8 Å². The van der Waals surface area contributed by atoms with Gasteiger partial charge in [0.2, 0.25) is 5.91 Å². The Morgan fingerprint density at radius 2 is 2.14 bits per heavy atom. The Bertz CT molecular complexity index is 216. The summed E-state index contributed by atoms with van der Waals surface area (Å²) in [6, 6.07) is -0.780. The van der Waals surface area contributed by atoms with Gasteiger partial charge in [-0.25, -0.2) is 4.79 Å². The van der Waals surface area contributed by atoms with Crippen molar-refractivity contribution in [2.24, 2.45) is 4.99 Å². The van der Waals surface area contributed by atoms with Crippen LogP contribution >= 0.6 is 0 Å². The Morgan fingerprint density at radius 3 is 2.57 bits per heavy atom. The van der Waals surface area contributed by atoms with Crippen LogP contribution in [0, 0.1) is 0 Å². The van der Waals surface area contributed by atoms with Crippen LogP contribution in [0.4, 0.5) is 0 Å². The lowest BCUT2D eigenvalue weighted by atomic mass is 10.1. The fraction of sp³-hybridized carbons (Fsp3) is 0.667. The first-order valence-corrected chi connectivity index (χ1v) is 4.50. The number of hydrogen-bond donors (Lipinski definition) is 2. The van der Waals surface area contributed by atoms with Crippen LogP contribution in [-0.4, -0.2) is 36.3 Å². The molecule has 0 radical (unpaired) electrons. The third-order valence-corrected chi connectivity index (χ3v) is 1.73. The predicted molar refractivity (Wildman–Crippen MR) is 53.5 cm³/mol. The highest BCUT2D eigenvalue weighted by molar-refractivity contribution is 5.81. The molecular weight excluding hydrogens is 184 g/mol. The molecule has 0 heterocycles. The number of unbranched alkanes of at least 4 members (excludes halogenated alkanes) is 1. The summed E-state index contributed by atoms with van der Waals surface area (Å²) < 4.78 is 0. The van der Waals surface area contributed by atoms with Gasteiger partial charge >= 0.3 is 5.97 Å². The van der Waals surface area contributed by atoms with E-state index in [2.05, 4.69) is 17.0 Å². The van der Waals surface area contributed by atoms with E-state index < -0.39 is 12.0 Å². The Hall–Kier alpha value is -1.39. The van der Waals surface area contributed by atoms with Crippen LogP contribution in [0.25, 0.3) is 0 Å². The van der Waals surface area contributed by atoms with Gasteiger partial charge in [-0.3, -0.25) is 4.79 Å². The van der Waals surface area contributed by atoms with E-state index in [1.54, 1.807) is 0 Å². The number of hydrogen-bond acceptors (Lipinski definition) is 3. The second-order valence-electron chi connectivity index (χ2n) is 3.03. The largest absolute Gasteiger partial charge is 0.480 e. The maximum Gasteiger partial charge on any atom is 0.326 e. The molecule has 0 aromatic rings. The molecule has 0 aromatic heterocycles. The van der Waals surface area contributed by atoms with Gasteiger partial charge in [0.25, 0.3) is 0 Å². The van der Waals surface area contributed by atoms with Gasteiger partial charge in [0.05, 0.1) is 0 Å². The number of carboxylic acids is 1. The van der Waals surface area contributed by atoms with E-state index in [0.29, 0.717) is 13.0 Å². The number of nitrogens with zero attached hydrogens (tertiary/aromatic N) is 1. The SMILES string of the molecule is C=NCCCC[C@H](NC(C)=O)C(=O)O. The van der Waals surface area contributed by atoms with Crippen molar-refractivity contribution in [2.45, 2.75) is 32.2 Å². The first-order valence-electron chi connectivity index (χ1n) is 4.50. The molecule has 0 saturated carbocycles. The third kappa shape index (κ3) is 6.16. The normalized spacial score (nSPS) is 11.8. The molecule has 0 aliphatic carbocycles. The second-order valence-corrected chi connectivity index (χ2v) is 3.03. The molecule has 80 valence electrons. The number of amides is 1. The minimum Gasteiger partial charge on any atom is -0.480 e. The zero-order valence-electron chi connectivity index (χ0n) is 8.32. The molecule has 2 N–H and O–H groups in total. The van der Waals surface area contributed by atoms with Crippen molar-refractivity contribution in [3.05, 3.63) is 0 Å². The fourth-order valence-corrected chi connectivity index (χ4v) is 1.07. The van der Waals surface area contributed by atoms with E-state index >= 15 is 0 Å². The van der Waals surface area contributed by atoms with Gasteiger partial charge in [-0.15, -0.1) is 0 Å². The Balaban J connectivity index is 3.79. The summed E-state index contributed by atoms with van der Waals surface area (Å²) >= 11 is 0. The van der Waals surface area contributed by atoms with Gasteiger partial charge in [0, 0.05) is 13.5 Å². The molecule has 0 unspecified atom stereocenters. The zero-order chi connectivity index (χ0) is 11.0. The van der Waals surface area contributed by atoms with Crippen LogP contribution in [0.3, 0.4) is 0 Å². The molecule has 0 aliphatic heterocycles. The smallest absolute Gasteiger partial charge is 0.326 e. The maximum absolute atomic E-state index is 10.6. The lowest BCUT2D eigenvalue weighted by Crippen LogP contribution is -2.39. The number of rotatable bonds is 7. The lowest BCUT2D eigenvalue weighted by Gasteiger charge is -2.12. The van der Waals surface area contributed by atoms with E-state index in [9.17, 15) is 9.59 Å². The van der Waals surface area contributed by atoms with Crippen LogP contribution in [0.15, 0.2) is 4.99 Å². The molecule has 5 nitrogen and oxygen atoms in total. The summed E-state index contributed by atoms with van der Waals surface area (Å²) in [5.74, 6) is -1.31. The first kappa shape index (κ1) is 12.6. The zero-order valence-corrected chi connectivity index (χ0v) is 8.32. The number of carboxylic acid groups (broad SMARTS) is 1. The van der Waals surface area contributed by atoms with Crippen LogP contribution < -0.4 is 5.32 Å². The quantitative estimate of drug-likeness (QED) is 0.462. The first-order chi connectivity index (χ1) is 6.57. The molecular formula is C9H16N2O3. The minimum absolute atomic E-state index is 0.320. The summed E-state index contributed by atoms with van der Waals surface area (Å²) in [5.41, 5.74) is 0. The van der Waals surface area contributed by atoms with Gasteiger partial charge in [-0.05, 0) is 26.0 Å². The third-order valence-electron chi connectivity index (χ3n) is 1.73. The van der Waals surface area contributed by atoms with Crippen LogP contribution in [0.2, 0.25) is 0 Å². The standard InChI is InChI=1S/C9H16N2O3/c1-7(12)11-8(9(13)14)5-3-4-6-10-2/h8H,2-6H2,1H3,(H,11,12)(H,13,14)/t8-/m0/s1. The molecule has 0 saturated heterocycles. The minimum atomic E-state index is -0.994. The van der Waals surface area contributed by atoms with E-state index in [4.69, 9.17) is 5.11 Å². The van der Waals surface area contributed by atoms with Crippen molar-refractivity contribution in [2.75, 3.05) is 6.54 Å². The summed E-state index contributed by atoms with van der Waals surface area (Å²) in [4.78, 5) is 24.9. The monoisotopic (exact) mass is 200 g/mol. The van der Waals surface area contributed by atoms with Crippen molar-refractivity contribution >= 4 is 18.6 Å². The summed E-state index contributed by atoms with van der Waals surface area (Å²) in [7, 11) is 0. The molecule has 0 aliphatic rings. The van der Waals surface area contributed by atoms with Crippen LogP contribution in [-0.2, 0) is 9.59 Å². The average Bonchev–Trinajstić information content (AvgIpc) is 2.09. The summed E-state index contributed by atoms with van der Waals surface area (Å²) in [5, 5.41) is 11.1. The number of aliphatic carboxylic acids is 1. The highest BCUT2D eigenvalue weighted by Crippen LogP contribution is 2.01. The van der Waals surface area contributed by atoms with Gasteiger partial charge in [0.1, 0.15) is 6.04 Å². The Labute approximate surface area is 83.2 Å². The second kappa shape index (κ2) is 7.06. The van der Waals surface area contributed by atoms with Crippen molar-refractivity contribution in [1.29, 1.82) is 0 Å². The molecule has 0 spiro atoms. The average molecular weight is 200 g/mol. The fourth-order valence-electron chi connectivity index (χ4n) is 1.07. The summed E-state index contributed by atoms with van der Waals surface area (Å²) in [6.45, 7) is 5.26. The number of carbonyl (C=O) groups excluding carboxylic acids is 1. The highest BCUT2D eigenvalue weighted by Gasteiger charge is 2.16. The van der Waals surface area contributed by atoms with Crippen molar-refractivity contribution in [1.82, 2.24) is 5.32 Å². The Kier molecular flexibility index (Phi) is 6.36. The van der Waals surface area contributed by atoms with Gasteiger partial charge in [-0.2, -0.15) is 0 Å². The predicted octanol–water partition coefficient (Wildman–Crippen LogP) is 0.447. The molecule has 0 fully saturated rings. The van der Waals surface area contributed by atoms with Crippen molar-refractivity contribution in [3.63, 3.8) is 0 Å². The van der Waals surface area contributed by atoms with Gasteiger partial charge in [-0.1, -0.05) is 0 Å². The molecule has 1 amide bonds. The van der Waals surface area contributed by atoms with E-state index in [0.717, 1.165) is 12.8 Å². The number of carbonyl (C=O) groups is 2. The van der Waals surface area contributed by atoms with E-state index in [1.807, 2.05) is 0 Å². The Morgan fingerprint density at radius 1 is 1.50 bits per heavy atom. The maximum atomic E-state index is 10.6. The lowest BCUT2D eigenvalue weighted by molar-refractivity contribution is -0.141. The van der Waals surface area contributed by atoms with Gasteiger partial charge < -0.3 is 15.4 Å². The van der Waals surface area contributed by atoms with E-state index in [-0.39, 0.29) is 5.91 Å². The van der Waals surface area contributed by atoms with Crippen molar-refractivity contribution < 1.29 is 14.7 Å². The number of aliphatic imine (C=N–C) groups is 1. The molecule has 0 rings (SSSR count). The van der Waals surface area contributed by atoms with Crippen LogP contribution in [0.1, 0.15) is 26.2 Å². The molecule has 0 bridgehead atoms.